The van der Waals surface area contributed by atoms with Crippen molar-refractivity contribution in [2.24, 2.45) is 0 Å². The first-order chi connectivity index (χ1) is 13.3. The first kappa shape index (κ1) is 17.4. The topological polar surface area (TPSA) is 81.9 Å². The minimum Gasteiger partial charge on any atom is -0.376 e. The van der Waals surface area contributed by atoms with E-state index < -0.39 is 0 Å². The molecule has 2 aromatic heterocycles. The number of rotatable bonds is 6. The van der Waals surface area contributed by atoms with E-state index in [0.717, 1.165) is 30.6 Å². The molecule has 1 amide bonds. The predicted octanol–water partition coefficient (Wildman–Crippen LogP) is 2.30. The van der Waals surface area contributed by atoms with Crippen LogP contribution in [-0.4, -0.2) is 45.1 Å². The molecule has 0 unspecified atom stereocenters. The van der Waals surface area contributed by atoms with Crippen LogP contribution < -0.4 is 5.32 Å². The van der Waals surface area contributed by atoms with Crippen LogP contribution in [0.5, 0.6) is 0 Å². The van der Waals surface area contributed by atoms with Gasteiger partial charge in [0, 0.05) is 31.1 Å². The molecule has 3 heterocycles. The Hall–Kier alpha value is -3.06. The number of hydrogen-bond acceptors (Lipinski definition) is 5. The molecule has 27 heavy (non-hydrogen) atoms. The largest absolute Gasteiger partial charge is 0.376 e. The minimum absolute atomic E-state index is 0.0812. The average molecular weight is 363 g/mol. The molecule has 1 aliphatic rings. The summed E-state index contributed by atoms with van der Waals surface area (Å²) >= 11 is 0. The van der Waals surface area contributed by atoms with Gasteiger partial charge in [-0.2, -0.15) is 0 Å². The maximum absolute atomic E-state index is 12.8. The third-order valence-corrected chi connectivity index (χ3v) is 4.59. The Morgan fingerprint density at radius 1 is 1.19 bits per heavy atom. The quantitative estimate of drug-likeness (QED) is 0.727. The molecule has 7 nitrogen and oxygen atoms in total. The van der Waals surface area contributed by atoms with Crippen molar-refractivity contribution < 1.29 is 9.53 Å². The van der Waals surface area contributed by atoms with Gasteiger partial charge in [-0.05, 0) is 30.5 Å². The predicted molar refractivity (Wildman–Crippen MR) is 100 cm³/mol. The van der Waals surface area contributed by atoms with Crippen molar-refractivity contribution in [1.82, 2.24) is 25.3 Å². The summed E-state index contributed by atoms with van der Waals surface area (Å²) in [6, 6.07) is 13.7. The summed E-state index contributed by atoms with van der Waals surface area (Å²) in [4.78, 5) is 16.8. The van der Waals surface area contributed by atoms with Crippen LogP contribution in [0.2, 0.25) is 0 Å². The van der Waals surface area contributed by atoms with Crippen LogP contribution in [-0.2, 0) is 11.3 Å². The highest BCUT2D eigenvalue weighted by Gasteiger charge is 2.23. The van der Waals surface area contributed by atoms with Gasteiger partial charge in [0.1, 0.15) is 5.69 Å². The fourth-order valence-corrected chi connectivity index (χ4v) is 3.22. The fraction of sp³-hybridized carbons (Fsp3) is 0.300. The van der Waals surface area contributed by atoms with Crippen LogP contribution in [0.15, 0.2) is 54.9 Å². The summed E-state index contributed by atoms with van der Waals surface area (Å²) in [6.07, 6.45) is 5.48. The third kappa shape index (κ3) is 4.03. The van der Waals surface area contributed by atoms with E-state index in [4.69, 9.17) is 4.74 Å². The van der Waals surface area contributed by atoms with Crippen LogP contribution in [0, 0.1) is 0 Å². The Kier molecular flexibility index (Phi) is 5.20. The Labute approximate surface area is 157 Å². The minimum atomic E-state index is -0.239. The van der Waals surface area contributed by atoms with E-state index in [1.54, 1.807) is 17.1 Å². The number of carbonyl (C=O) groups excluding carboxylic acids is 1. The number of carbonyl (C=O) groups is 1. The van der Waals surface area contributed by atoms with Gasteiger partial charge < -0.3 is 10.1 Å². The molecule has 1 aromatic carbocycles. The van der Waals surface area contributed by atoms with Gasteiger partial charge in [-0.25, -0.2) is 4.68 Å². The normalized spacial score (nSPS) is 16.4. The summed E-state index contributed by atoms with van der Waals surface area (Å²) in [7, 11) is 0. The van der Waals surface area contributed by atoms with Gasteiger partial charge in [-0.15, -0.1) is 5.10 Å². The van der Waals surface area contributed by atoms with Gasteiger partial charge in [0.25, 0.3) is 5.91 Å². The van der Waals surface area contributed by atoms with Crippen LogP contribution in [0.4, 0.5) is 0 Å². The molecule has 0 bridgehead atoms. The standard InChI is InChI=1S/C20H21N5O2/c26-20(22-13-17-7-4-12-27-17)18-19(16-8-10-21-11-9-16)25(24-23-18)14-15-5-2-1-3-6-15/h1-3,5-6,8-11,17H,4,7,12-14H2,(H,22,26)/t17-/m0/s1. The zero-order chi connectivity index (χ0) is 18.5. The smallest absolute Gasteiger partial charge is 0.274 e. The molecule has 4 rings (SSSR count). The Bertz CT molecular complexity index is 889. The molecule has 7 heteroatoms. The Morgan fingerprint density at radius 2 is 2.00 bits per heavy atom. The van der Waals surface area contributed by atoms with Crippen LogP contribution in [0.1, 0.15) is 28.9 Å². The SMILES string of the molecule is O=C(NC[C@@H]1CCCO1)c1nnn(Cc2ccccc2)c1-c1ccncc1. The van der Waals surface area contributed by atoms with Crippen LogP contribution >= 0.6 is 0 Å². The van der Waals surface area contributed by atoms with Crippen molar-refractivity contribution in [2.45, 2.75) is 25.5 Å². The van der Waals surface area contributed by atoms with E-state index >= 15 is 0 Å². The zero-order valence-electron chi connectivity index (χ0n) is 14.9. The number of aromatic nitrogens is 4. The second-order valence-electron chi connectivity index (χ2n) is 6.51. The number of amides is 1. The van der Waals surface area contributed by atoms with Gasteiger partial charge in [0.05, 0.1) is 12.6 Å². The number of ether oxygens (including phenoxy) is 1. The van der Waals surface area contributed by atoms with Crippen molar-refractivity contribution in [3.63, 3.8) is 0 Å². The number of pyridine rings is 1. The van der Waals surface area contributed by atoms with Crippen molar-refractivity contribution in [3.8, 4) is 11.3 Å². The number of hydrogen-bond donors (Lipinski definition) is 1. The molecule has 3 aromatic rings. The Morgan fingerprint density at radius 3 is 2.74 bits per heavy atom. The number of benzene rings is 1. The lowest BCUT2D eigenvalue weighted by Crippen LogP contribution is -2.32. The van der Waals surface area contributed by atoms with E-state index in [-0.39, 0.29) is 12.0 Å². The molecular formula is C20H21N5O2. The van der Waals surface area contributed by atoms with Crippen molar-refractivity contribution in [1.29, 1.82) is 0 Å². The molecule has 138 valence electrons. The molecule has 0 radical (unpaired) electrons. The maximum atomic E-state index is 12.8. The summed E-state index contributed by atoms with van der Waals surface area (Å²) in [5.41, 5.74) is 2.94. The summed E-state index contributed by atoms with van der Waals surface area (Å²) in [6.45, 7) is 1.78. The van der Waals surface area contributed by atoms with Gasteiger partial charge in [0.2, 0.25) is 0 Å². The van der Waals surface area contributed by atoms with E-state index in [9.17, 15) is 4.79 Å². The second kappa shape index (κ2) is 8.09. The second-order valence-corrected chi connectivity index (χ2v) is 6.51. The highest BCUT2D eigenvalue weighted by atomic mass is 16.5. The number of nitrogens with zero attached hydrogens (tertiary/aromatic N) is 4. The lowest BCUT2D eigenvalue weighted by atomic mass is 10.1. The molecule has 1 atom stereocenters. The molecule has 1 aliphatic heterocycles. The molecule has 0 aliphatic carbocycles. The molecule has 1 N–H and O–H groups in total. The first-order valence-electron chi connectivity index (χ1n) is 9.09. The van der Waals surface area contributed by atoms with Gasteiger partial charge in [0.15, 0.2) is 5.69 Å². The average Bonchev–Trinajstić information content (AvgIpc) is 3.37. The first-order valence-corrected chi connectivity index (χ1v) is 9.09. The van der Waals surface area contributed by atoms with Gasteiger partial charge >= 0.3 is 0 Å². The fourth-order valence-electron chi connectivity index (χ4n) is 3.22. The molecule has 1 saturated heterocycles. The molecule has 0 spiro atoms. The third-order valence-electron chi connectivity index (χ3n) is 4.59. The van der Waals surface area contributed by atoms with E-state index in [0.29, 0.717) is 24.5 Å². The van der Waals surface area contributed by atoms with E-state index in [1.165, 1.54) is 0 Å². The highest BCUT2D eigenvalue weighted by molar-refractivity contribution is 5.98. The lowest BCUT2D eigenvalue weighted by molar-refractivity contribution is 0.0854. The van der Waals surface area contributed by atoms with Gasteiger partial charge in [-0.1, -0.05) is 35.5 Å². The van der Waals surface area contributed by atoms with Crippen LogP contribution in [0.3, 0.4) is 0 Å². The lowest BCUT2D eigenvalue weighted by Gasteiger charge is -2.11. The summed E-state index contributed by atoms with van der Waals surface area (Å²) in [5.74, 6) is -0.239. The molecular weight excluding hydrogens is 342 g/mol. The maximum Gasteiger partial charge on any atom is 0.274 e. The van der Waals surface area contributed by atoms with Crippen molar-refractivity contribution in [2.75, 3.05) is 13.2 Å². The molecule has 1 fully saturated rings. The van der Waals surface area contributed by atoms with Crippen LogP contribution in [0.25, 0.3) is 11.3 Å². The highest BCUT2D eigenvalue weighted by Crippen LogP contribution is 2.23. The monoisotopic (exact) mass is 363 g/mol. The van der Waals surface area contributed by atoms with E-state index in [2.05, 4.69) is 20.6 Å². The van der Waals surface area contributed by atoms with Crippen molar-refractivity contribution >= 4 is 5.91 Å². The zero-order valence-corrected chi connectivity index (χ0v) is 14.9. The van der Waals surface area contributed by atoms with E-state index in [1.807, 2.05) is 42.5 Å². The number of nitrogens with one attached hydrogen (secondary N) is 1. The van der Waals surface area contributed by atoms with Gasteiger partial charge in [-0.3, -0.25) is 9.78 Å². The summed E-state index contributed by atoms with van der Waals surface area (Å²) < 4.78 is 7.33. The summed E-state index contributed by atoms with van der Waals surface area (Å²) in [5, 5.41) is 11.3. The molecule has 0 saturated carbocycles. The Balaban J connectivity index is 1.61. The van der Waals surface area contributed by atoms with Crippen molar-refractivity contribution in [3.05, 3.63) is 66.1 Å².